The SMILES string of the molecule is C[C@H]1CCNC(=O)c2cc3ccc(C(=O)Nc4cnn(Cc5ccccc5)c4)cc3n21. The second-order valence-electron chi connectivity index (χ2n) is 7.93. The van der Waals surface area contributed by atoms with Gasteiger partial charge in [-0.05, 0) is 37.1 Å². The van der Waals surface area contributed by atoms with Crippen molar-refractivity contribution in [3.05, 3.63) is 83.8 Å². The normalized spacial score (nSPS) is 15.9. The van der Waals surface area contributed by atoms with Crippen molar-refractivity contribution in [2.75, 3.05) is 11.9 Å². The predicted molar refractivity (Wildman–Crippen MR) is 119 cm³/mol. The molecule has 0 saturated carbocycles. The van der Waals surface area contributed by atoms with E-state index < -0.39 is 0 Å². The van der Waals surface area contributed by atoms with Crippen molar-refractivity contribution in [3.8, 4) is 0 Å². The van der Waals surface area contributed by atoms with Gasteiger partial charge in [-0.1, -0.05) is 36.4 Å². The van der Waals surface area contributed by atoms with E-state index in [1.165, 1.54) is 0 Å². The molecule has 2 aromatic carbocycles. The standard InChI is InChI=1S/C24H23N5O2/c1-16-9-10-25-24(31)22-11-18-7-8-19(12-21(18)29(16)22)23(30)27-20-13-26-28(15-20)14-17-5-3-2-4-6-17/h2-8,11-13,15-16H,9-10,14H2,1H3,(H,25,31)(H,27,30)/t16-/m0/s1. The molecule has 1 atom stereocenters. The average molecular weight is 413 g/mol. The third kappa shape index (κ3) is 3.70. The summed E-state index contributed by atoms with van der Waals surface area (Å²) in [6.07, 6.45) is 4.31. The third-order valence-corrected chi connectivity index (χ3v) is 5.70. The Hall–Kier alpha value is -3.87. The zero-order valence-electron chi connectivity index (χ0n) is 17.2. The summed E-state index contributed by atoms with van der Waals surface area (Å²) in [5.41, 5.74) is 3.86. The van der Waals surface area contributed by atoms with E-state index in [9.17, 15) is 9.59 Å². The van der Waals surface area contributed by atoms with Crippen LogP contribution >= 0.6 is 0 Å². The molecule has 0 spiro atoms. The lowest BCUT2D eigenvalue weighted by molar-refractivity contribution is 0.0950. The van der Waals surface area contributed by atoms with Crippen LogP contribution in [0, 0.1) is 0 Å². The molecule has 1 aliphatic rings. The Morgan fingerprint density at radius 1 is 1.19 bits per heavy atom. The maximum absolute atomic E-state index is 12.9. The van der Waals surface area contributed by atoms with Gasteiger partial charge in [0.25, 0.3) is 11.8 Å². The van der Waals surface area contributed by atoms with Gasteiger partial charge in [-0.3, -0.25) is 14.3 Å². The Bertz CT molecular complexity index is 1270. The zero-order valence-corrected chi connectivity index (χ0v) is 17.2. The van der Waals surface area contributed by atoms with Crippen LogP contribution in [0.25, 0.3) is 10.9 Å². The number of nitrogens with zero attached hydrogens (tertiary/aromatic N) is 3. The molecule has 0 unspecified atom stereocenters. The fourth-order valence-corrected chi connectivity index (χ4v) is 4.11. The molecule has 0 fully saturated rings. The van der Waals surface area contributed by atoms with Gasteiger partial charge in [0.15, 0.2) is 0 Å². The van der Waals surface area contributed by atoms with E-state index in [4.69, 9.17) is 0 Å². The number of anilines is 1. The number of fused-ring (bicyclic) bond motifs is 3. The van der Waals surface area contributed by atoms with Crippen molar-refractivity contribution in [1.82, 2.24) is 19.7 Å². The zero-order chi connectivity index (χ0) is 21.4. The fraction of sp³-hybridized carbons (Fsp3) is 0.208. The quantitative estimate of drug-likeness (QED) is 0.534. The van der Waals surface area contributed by atoms with E-state index in [2.05, 4.69) is 22.7 Å². The molecule has 4 aromatic rings. The molecule has 0 bridgehead atoms. The van der Waals surface area contributed by atoms with Crippen LogP contribution in [0.3, 0.4) is 0 Å². The van der Waals surface area contributed by atoms with Gasteiger partial charge in [0.2, 0.25) is 0 Å². The first kappa shape index (κ1) is 19.1. The van der Waals surface area contributed by atoms with Crippen molar-refractivity contribution in [2.24, 2.45) is 0 Å². The molecule has 31 heavy (non-hydrogen) atoms. The molecule has 7 nitrogen and oxygen atoms in total. The lowest BCUT2D eigenvalue weighted by Crippen LogP contribution is -2.22. The fourth-order valence-electron chi connectivity index (χ4n) is 4.11. The van der Waals surface area contributed by atoms with Crippen molar-refractivity contribution >= 4 is 28.4 Å². The Balaban J connectivity index is 1.39. The van der Waals surface area contributed by atoms with Crippen molar-refractivity contribution in [2.45, 2.75) is 25.9 Å². The van der Waals surface area contributed by atoms with Crippen molar-refractivity contribution in [3.63, 3.8) is 0 Å². The average Bonchev–Trinajstić information content (AvgIpc) is 3.34. The highest BCUT2D eigenvalue weighted by Crippen LogP contribution is 2.28. The highest BCUT2D eigenvalue weighted by Gasteiger charge is 2.23. The van der Waals surface area contributed by atoms with Crippen molar-refractivity contribution < 1.29 is 9.59 Å². The monoisotopic (exact) mass is 413 g/mol. The van der Waals surface area contributed by atoms with Gasteiger partial charge in [-0.25, -0.2) is 0 Å². The summed E-state index contributed by atoms with van der Waals surface area (Å²) in [5.74, 6) is -0.278. The molecular formula is C24H23N5O2. The van der Waals surface area contributed by atoms with Gasteiger partial charge in [0, 0.05) is 35.2 Å². The van der Waals surface area contributed by atoms with Gasteiger partial charge in [-0.15, -0.1) is 0 Å². The van der Waals surface area contributed by atoms with Crippen molar-refractivity contribution in [1.29, 1.82) is 0 Å². The van der Waals surface area contributed by atoms with Crippen LogP contribution in [-0.4, -0.2) is 32.7 Å². The molecule has 3 heterocycles. The molecular weight excluding hydrogens is 390 g/mol. The minimum atomic E-state index is -0.206. The Morgan fingerprint density at radius 2 is 2.03 bits per heavy atom. The molecule has 0 radical (unpaired) electrons. The van der Waals surface area contributed by atoms with Crippen LogP contribution in [0.4, 0.5) is 5.69 Å². The van der Waals surface area contributed by atoms with Crippen LogP contribution in [-0.2, 0) is 6.54 Å². The molecule has 0 aliphatic carbocycles. The summed E-state index contributed by atoms with van der Waals surface area (Å²) < 4.78 is 3.83. The number of benzene rings is 2. The van der Waals surface area contributed by atoms with Crippen LogP contribution in [0.2, 0.25) is 0 Å². The van der Waals surface area contributed by atoms with E-state index in [1.54, 1.807) is 16.9 Å². The summed E-state index contributed by atoms with van der Waals surface area (Å²) in [4.78, 5) is 25.3. The Morgan fingerprint density at radius 3 is 2.87 bits per heavy atom. The minimum absolute atomic E-state index is 0.0719. The maximum atomic E-state index is 12.9. The maximum Gasteiger partial charge on any atom is 0.267 e. The number of hydrogen-bond acceptors (Lipinski definition) is 3. The highest BCUT2D eigenvalue weighted by atomic mass is 16.2. The Labute approximate surface area is 179 Å². The number of carbonyl (C=O) groups is 2. The van der Waals surface area contributed by atoms with Gasteiger partial charge < -0.3 is 15.2 Å². The highest BCUT2D eigenvalue weighted by molar-refractivity contribution is 6.07. The van der Waals surface area contributed by atoms with E-state index >= 15 is 0 Å². The summed E-state index contributed by atoms with van der Waals surface area (Å²) >= 11 is 0. The topological polar surface area (TPSA) is 81.0 Å². The molecule has 2 aromatic heterocycles. The predicted octanol–water partition coefficient (Wildman–Crippen LogP) is 3.83. The second kappa shape index (κ2) is 7.75. The number of amides is 2. The van der Waals surface area contributed by atoms with Crippen LogP contribution < -0.4 is 10.6 Å². The molecule has 5 rings (SSSR count). The van der Waals surface area contributed by atoms with E-state index in [0.717, 1.165) is 22.9 Å². The molecule has 7 heteroatoms. The Kier molecular flexibility index (Phi) is 4.78. The first-order valence-corrected chi connectivity index (χ1v) is 10.4. The number of nitrogens with one attached hydrogen (secondary N) is 2. The smallest absolute Gasteiger partial charge is 0.267 e. The lowest BCUT2D eigenvalue weighted by atomic mass is 10.1. The van der Waals surface area contributed by atoms with Gasteiger partial charge in [0.1, 0.15) is 5.69 Å². The molecule has 2 amide bonds. The largest absolute Gasteiger partial charge is 0.351 e. The molecule has 1 aliphatic heterocycles. The third-order valence-electron chi connectivity index (χ3n) is 5.70. The van der Waals surface area contributed by atoms with Gasteiger partial charge >= 0.3 is 0 Å². The minimum Gasteiger partial charge on any atom is -0.351 e. The summed E-state index contributed by atoms with van der Waals surface area (Å²) in [6, 6.07) is 17.6. The summed E-state index contributed by atoms with van der Waals surface area (Å²) in [5, 5.41) is 11.1. The molecule has 0 saturated heterocycles. The number of hydrogen-bond donors (Lipinski definition) is 2. The molecule has 156 valence electrons. The number of carbonyl (C=O) groups excluding carboxylic acids is 2. The van der Waals surface area contributed by atoms with Crippen LogP contribution in [0.1, 0.15) is 45.8 Å². The van der Waals surface area contributed by atoms with E-state index in [0.29, 0.717) is 30.0 Å². The molecule has 2 N–H and O–H groups in total. The first-order valence-electron chi connectivity index (χ1n) is 10.4. The van der Waals surface area contributed by atoms with E-state index in [-0.39, 0.29) is 17.9 Å². The number of rotatable bonds is 4. The first-order chi connectivity index (χ1) is 15.1. The van der Waals surface area contributed by atoms with Crippen LogP contribution in [0.5, 0.6) is 0 Å². The van der Waals surface area contributed by atoms with Crippen LogP contribution in [0.15, 0.2) is 67.0 Å². The number of aromatic nitrogens is 3. The second-order valence-corrected chi connectivity index (χ2v) is 7.93. The van der Waals surface area contributed by atoms with E-state index in [1.807, 2.05) is 59.3 Å². The van der Waals surface area contributed by atoms with Gasteiger partial charge in [0.05, 0.1) is 18.4 Å². The van der Waals surface area contributed by atoms with Gasteiger partial charge in [-0.2, -0.15) is 5.10 Å². The lowest BCUT2D eigenvalue weighted by Gasteiger charge is -2.14. The summed E-state index contributed by atoms with van der Waals surface area (Å²) in [7, 11) is 0. The summed E-state index contributed by atoms with van der Waals surface area (Å²) in [6.45, 7) is 3.38.